The van der Waals surface area contributed by atoms with Gasteiger partial charge in [0, 0.05) is 11.0 Å². The molecule has 2 aromatic rings. The van der Waals surface area contributed by atoms with E-state index >= 15 is 0 Å². The molecule has 32 heavy (non-hydrogen) atoms. The second-order valence-electron chi connectivity index (χ2n) is 7.30. The Labute approximate surface area is 190 Å². The molecule has 0 bridgehead atoms. The number of nitrogens with zero attached hydrogens (tertiary/aromatic N) is 1. The van der Waals surface area contributed by atoms with E-state index in [0.29, 0.717) is 12.8 Å². The molecule has 1 aromatic heterocycles. The SMILES string of the molecule is CCOC(=O)C(CCc1ccccc1)N[C@@H](C)C(=O)N1Cc2ccsc2C=C1OC(=O)O. The van der Waals surface area contributed by atoms with Crippen LogP contribution in [0.1, 0.15) is 36.3 Å². The minimum Gasteiger partial charge on any atom is -0.465 e. The zero-order valence-electron chi connectivity index (χ0n) is 17.9. The van der Waals surface area contributed by atoms with Crippen LogP contribution in [0.15, 0.2) is 47.7 Å². The maximum Gasteiger partial charge on any atom is 0.512 e. The van der Waals surface area contributed by atoms with E-state index in [9.17, 15) is 14.4 Å². The van der Waals surface area contributed by atoms with Crippen LogP contribution >= 0.6 is 11.3 Å². The summed E-state index contributed by atoms with van der Waals surface area (Å²) in [5.74, 6) is -0.883. The summed E-state index contributed by atoms with van der Waals surface area (Å²) in [7, 11) is 0. The number of nitrogens with one attached hydrogen (secondary N) is 1. The molecule has 9 heteroatoms. The largest absolute Gasteiger partial charge is 0.512 e. The van der Waals surface area contributed by atoms with Crippen LogP contribution in [0.2, 0.25) is 0 Å². The van der Waals surface area contributed by atoms with Gasteiger partial charge >= 0.3 is 12.1 Å². The number of esters is 1. The van der Waals surface area contributed by atoms with Crippen molar-refractivity contribution in [2.45, 2.75) is 45.3 Å². The first kappa shape index (κ1) is 23.5. The van der Waals surface area contributed by atoms with Gasteiger partial charge in [0.25, 0.3) is 0 Å². The van der Waals surface area contributed by atoms with Crippen molar-refractivity contribution in [1.82, 2.24) is 10.2 Å². The van der Waals surface area contributed by atoms with E-state index in [1.165, 1.54) is 16.2 Å². The number of carbonyl (C=O) groups excluding carboxylic acids is 2. The smallest absolute Gasteiger partial charge is 0.465 e. The monoisotopic (exact) mass is 458 g/mol. The fourth-order valence-electron chi connectivity index (χ4n) is 3.48. The second kappa shape index (κ2) is 10.9. The molecule has 1 unspecified atom stereocenters. The number of aryl methyl sites for hydroxylation is 1. The first-order valence-corrected chi connectivity index (χ1v) is 11.2. The summed E-state index contributed by atoms with van der Waals surface area (Å²) < 4.78 is 10.1. The molecule has 0 saturated carbocycles. The third-order valence-corrected chi connectivity index (χ3v) is 5.95. The molecule has 0 saturated heterocycles. The summed E-state index contributed by atoms with van der Waals surface area (Å²) in [6, 6.07) is 10.1. The van der Waals surface area contributed by atoms with Crippen LogP contribution in [0.3, 0.4) is 0 Å². The first-order valence-electron chi connectivity index (χ1n) is 10.4. The predicted molar refractivity (Wildman–Crippen MR) is 120 cm³/mol. The zero-order chi connectivity index (χ0) is 23.1. The number of hydrogen-bond donors (Lipinski definition) is 2. The molecule has 0 spiro atoms. The van der Waals surface area contributed by atoms with Crippen molar-refractivity contribution in [2.24, 2.45) is 0 Å². The maximum absolute atomic E-state index is 13.2. The van der Waals surface area contributed by atoms with Crippen LogP contribution in [-0.4, -0.2) is 46.7 Å². The number of ether oxygens (including phenoxy) is 2. The number of carboxylic acid groups (broad SMARTS) is 1. The van der Waals surface area contributed by atoms with E-state index in [0.717, 1.165) is 16.0 Å². The molecule has 2 atom stereocenters. The Bertz CT molecular complexity index is 987. The van der Waals surface area contributed by atoms with Crippen LogP contribution in [0, 0.1) is 0 Å². The number of fused-ring (bicyclic) bond motifs is 1. The highest BCUT2D eigenvalue weighted by atomic mass is 32.1. The van der Waals surface area contributed by atoms with Crippen molar-refractivity contribution in [2.75, 3.05) is 6.61 Å². The predicted octanol–water partition coefficient (Wildman–Crippen LogP) is 3.63. The van der Waals surface area contributed by atoms with Crippen molar-refractivity contribution in [3.05, 3.63) is 63.7 Å². The summed E-state index contributed by atoms with van der Waals surface area (Å²) in [6.07, 6.45) is 1.12. The third kappa shape index (κ3) is 5.95. The van der Waals surface area contributed by atoms with Crippen molar-refractivity contribution < 1.29 is 29.0 Å². The molecule has 1 aliphatic rings. The average Bonchev–Trinajstić information content (AvgIpc) is 3.23. The summed E-state index contributed by atoms with van der Waals surface area (Å²) in [6.45, 7) is 3.79. The van der Waals surface area contributed by atoms with Crippen molar-refractivity contribution in [1.29, 1.82) is 0 Å². The molecule has 170 valence electrons. The number of carbonyl (C=O) groups is 3. The van der Waals surface area contributed by atoms with Crippen molar-refractivity contribution in [3.8, 4) is 0 Å². The maximum atomic E-state index is 13.2. The van der Waals surface area contributed by atoms with Gasteiger partial charge in [-0.25, -0.2) is 4.79 Å². The fourth-order valence-corrected chi connectivity index (χ4v) is 4.31. The molecule has 1 aromatic carbocycles. The third-order valence-electron chi connectivity index (χ3n) is 5.04. The molecule has 2 heterocycles. The van der Waals surface area contributed by atoms with Crippen LogP contribution in [0.25, 0.3) is 6.08 Å². The van der Waals surface area contributed by atoms with Crippen LogP contribution in [-0.2, 0) is 32.0 Å². The Hall–Kier alpha value is -3.17. The Morgan fingerprint density at radius 3 is 2.66 bits per heavy atom. The standard InChI is InChI=1S/C23H26N2O6S/c1-3-30-22(27)18(10-9-16-7-5-4-6-8-16)24-15(2)21(26)25-14-17-11-12-32-19(17)13-20(25)31-23(28)29/h4-8,11-13,15,18,24H,3,9-10,14H2,1-2H3,(H,28,29)/t15-,18?/m0/s1. The van der Waals surface area contributed by atoms with Gasteiger partial charge in [-0.05, 0) is 49.3 Å². The summed E-state index contributed by atoms with van der Waals surface area (Å²) >= 11 is 1.44. The molecular weight excluding hydrogens is 432 g/mol. The van der Waals surface area contributed by atoms with E-state index in [1.54, 1.807) is 19.9 Å². The Morgan fingerprint density at radius 2 is 1.97 bits per heavy atom. The van der Waals surface area contributed by atoms with Crippen LogP contribution in [0.5, 0.6) is 0 Å². The van der Waals surface area contributed by atoms with Gasteiger partial charge in [0.2, 0.25) is 11.8 Å². The van der Waals surface area contributed by atoms with Gasteiger partial charge in [-0.2, -0.15) is 0 Å². The lowest BCUT2D eigenvalue weighted by Gasteiger charge is -2.30. The Morgan fingerprint density at radius 1 is 1.22 bits per heavy atom. The Balaban J connectivity index is 1.72. The minimum atomic E-state index is -1.50. The number of thiophene rings is 1. The van der Waals surface area contributed by atoms with Gasteiger partial charge in [-0.15, -0.1) is 11.3 Å². The van der Waals surface area contributed by atoms with Crippen molar-refractivity contribution in [3.63, 3.8) is 0 Å². The molecule has 1 amide bonds. The topological polar surface area (TPSA) is 105 Å². The molecular formula is C23H26N2O6S. The molecule has 3 rings (SSSR count). The van der Waals surface area contributed by atoms with E-state index in [2.05, 4.69) is 5.32 Å². The normalized spacial score (nSPS) is 14.7. The number of benzene rings is 1. The summed E-state index contributed by atoms with van der Waals surface area (Å²) in [4.78, 5) is 39.0. The Kier molecular flexibility index (Phi) is 8.02. The van der Waals surface area contributed by atoms with Gasteiger partial charge in [-0.3, -0.25) is 19.8 Å². The van der Waals surface area contributed by atoms with E-state index in [-0.39, 0.29) is 19.0 Å². The highest BCUT2D eigenvalue weighted by Crippen LogP contribution is 2.30. The van der Waals surface area contributed by atoms with E-state index in [4.69, 9.17) is 14.6 Å². The quantitative estimate of drug-likeness (QED) is 0.553. The van der Waals surface area contributed by atoms with Crippen molar-refractivity contribution >= 4 is 35.4 Å². The van der Waals surface area contributed by atoms with Gasteiger partial charge < -0.3 is 14.6 Å². The van der Waals surface area contributed by atoms with Gasteiger partial charge in [0.15, 0.2) is 0 Å². The molecule has 0 aliphatic carbocycles. The summed E-state index contributed by atoms with van der Waals surface area (Å²) in [5.41, 5.74) is 1.97. The lowest BCUT2D eigenvalue weighted by molar-refractivity contribution is -0.146. The van der Waals surface area contributed by atoms with Gasteiger partial charge in [-0.1, -0.05) is 30.3 Å². The number of hydrogen-bond acceptors (Lipinski definition) is 7. The van der Waals surface area contributed by atoms with Crippen LogP contribution < -0.4 is 5.32 Å². The van der Waals surface area contributed by atoms with E-state index in [1.807, 2.05) is 41.8 Å². The molecule has 1 aliphatic heterocycles. The molecule has 0 fully saturated rings. The molecule has 0 radical (unpaired) electrons. The summed E-state index contributed by atoms with van der Waals surface area (Å²) in [5, 5.41) is 14.0. The van der Waals surface area contributed by atoms with Gasteiger partial charge in [0.05, 0.1) is 19.2 Å². The second-order valence-corrected chi connectivity index (χ2v) is 8.25. The highest BCUT2D eigenvalue weighted by molar-refractivity contribution is 7.11. The number of amides is 1. The first-order chi connectivity index (χ1) is 15.4. The lowest BCUT2D eigenvalue weighted by Crippen LogP contribution is -2.51. The number of rotatable bonds is 9. The fraction of sp³-hybridized carbons (Fsp3) is 0.348. The average molecular weight is 459 g/mol. The van der Waals surface area contributed by atoms with Crippen LogP contribution in [0.4, 0.5) is 4.79 Å². The highest BCUT2D eigenvalue weighted by Gasteiger charge is 2.32. The molecule has 2 N–H and O–H groups in total. The lowest BCUT2D eigenvalue weighted by atomic mass is 10.0. The van der Waals surface area contributed by atoms with Gasteiger partial charge in [0.1, 0.15) is 6.04 Å². The minimum absolute atomic E-state index is 0.0527. The zero-order valence-corrected chi connectivity index (χ0v) is 18.8. The molecule has 8 nitrogen and oxygen atoms in total. The van der Waals surface area contributed by atoms with E-state index < -0.39 is 30.1 Å².